The van der Waals surface area contributed by atoms with Gasteiger partial charge in [-0.1, -0.05) is 0 Å². The summed E-state index contributed by atoms with van der Waals surface area (Å²) in [5.41, 5.74) is 2.31. The molecule has 6 nitrogen and oxygen atoms in total. The Morgan fingerprint density at radius 3 is 2.16 bits per heavy atom. The fourth-order valence-corrected chi connectivity index (χ4v) is 1.64. The van der Waals surface area contributed by atoms with Crippen molar-refractivity contribution in [3.05, 3.63) is 0 Å². The minimum atomic E-state index is -5.08. The van der Waals surface area contributed by atoms with E-state index in [1.165, 1.54) is 5.32 Å². The van der Waals surface area contributed by atoms with Gasteiger partial charge in [0.15, 0.2) is 0 Å². The van der Waals surface area contributed by atoms with Crippen LogP contribution in [-0.2, 0) is 4.79 Å². The van der Waals surface area contributed by atoms with Gasteiger partial charge in [-0.15, -0.1) is 0 Å². The van der Waals surface area contributed by atoms with Crippen molar-refractivity contribution >= 4 is 12.0 Å². The number of halogens is 3. The van der Waals surface area contributed by atoms with Crippen molar-refractivity contribution in [2.75, 3.05) is 13.1 Å². The lowest BCUT2D eigenvalue weighted by Gasteiger charge is -2.34. The second-order valence-corrected chi connectivity index (χ2v) is 4.68. The van der Waals surface area contributed by atoms with Gasteiger partial charge in [0.05, 0.1) is 0 Å². The lowest BCUT2D eigenvalue weighted by molar-refractivity contribution is -0.203. The third-order valence-corrected chi connectivity index (χ3v) is 3.18. The molecule has 1 fully saturated rings. The minimum absolute atomic E-state index is 0.0856. The van der Waals surface area contributed by atoms with Crippen LogP contribution in [0.15, 0.2) is 0 Å². The van der Waals surface area contributed by atoms with Crippen LogP contribution >= 0.6 is 0 Å². The molecule has 0 aromatic rings. The third kappa shape index (κ3) is 3.28. The first kappa shape index (κ1) is 15.5. The molecule has 1 saturated heterocycles. The van der Waals surface area contributed by atoms with E-state index in [4.69, 9.17) is 10.8 Å². The van der Waals surface area contributed by atoms with Crippen LogP contribution in [0, 0.1) is 0 Å². The van der Waals surface area contributed by atoms with Crippen molar-refractivity contribution in [3.63, 3.8) is 0 Å². The molecule has 2 amide bonds. The largest absolute Gasteiger partial charge is 0.479 e. The van der Waals surface area contributed by atoms with Crippen LogP contribution in [0.1, 0.15) is 19.8 Å². The fourth-order valence-electron chi connectivity index (χ4n) is 1.64. The Morgan fingerprint density at radius 1 is 1.32 bits per heavy atom. The molecule has 1 heterocycles. The number of carboxylic acids is 1. The van der Waals surface area contributed by atoms with Crippen LogP contribution in [0.4, 0.5) is 18.0 Å². The van der Waals surface area contributed by atoms with Gasteiger partial charge in [0.1, 0.15) is 0 Å². The zero-order valence-electron chi connectivity index (χ0n) is 10.3. The zero-order valence-corrected chi connectivity index (χ0v) is 10.3. The first-order valence-corrected chi connectivity index (χ1v) is 5.70. The Kier molecular flexibility index (Phi) is 4.28. The monoisotopic (exact) mass is 283 g/mol. The molecule has 0 bridgehead atoms. The Labute approximate surface area is 107 Å². The number of carbonyl (C=O) groups is 2. The number of piperidine rings is 1. The van der Waals surface area contributed by atoms with E-state index >= 15 is 0 Å². The Hall–Kier alpha value is -1.51. The molecular weight excluding hydrogens is 267 g/mol. The summed E-state index contributed by atoms with van der Waals surface area (Å²) >= 11 is 0. The molecule has 19 heavy (non-hydrogen) atoms. The Morgan fingerprint density at radius 2 is 1.79 bits per heavy atom. The van der Waals surface area contributed by atoms with Gasteiger partial charge in [-0.05, 0) is 19.8 Å². The molecular formula is C10H16F3N3O3. The van der Waals surface area contributed by atoms with Crippen LogP contribution < -0.4 is 11.1 Å². The quantitative estimate of drug-likeness (QED) is 0.688. The number of amides is 2. The summed E-state index contributed by atoms with van der Waals surface area (Å²) in [6.07, 6.45) is -4.13. The molecule has 0 radical (unpaired) electrons. The molecule has 1 unspecified atom stereocenters. The van der Waals surface area contributed by atoms with Gasteiger partial charge in [0, 0.05) is 19.1 Å². The standard InChI is InChI=1S/C10H16F3N3O3/c1-9(7(17)18,10(11,12)13)15-8(19)16-4-2-6(14)3-5-16/h6H,2-5,14H2,1H3,(H,15,19)(H,17,18). The van der Waals surface area contributed by atoms with Crippen molar-refractivity contribution in [2.24, 2.45) is 5.73 Å². The van der Waals surface area contributed by atoms with Crippen molar-refractivity contribution < 1.29 is 27.9 Å². The molecule has 110 valence electrons. The maximum atomic E-state index is 12.7. The molecule has 1 aliphatic heterocycles. The molecule has 9 heteroatoms. The van der Waals surface area contributed by atoms with E-state index in [1.807, 2.05) is 0 Å². The average molecular weight is 283 g/mol. The van der Waals surface area contributed by atoms with E-state index in [0.717, 1.165) is 4.90 Å². The minimum Gasteiger partial charge on any atom is -0.479 e. The number of rotatable bonds is 2. The molecule has 1 atom stereocenters. The molecule has 4 N–H and O–H groups in total. The molecule has 0 aliphatic carbocycles. The van der Waals surface area contributed by atoms with E-state index in [1.54, 1.807) is 0 Å². The summed E-state index contributed by atoms with van der Waals surface area (Å²) in [6, 6.07) is -1.13. The van der Waals surface area contributed by atoms with E-state index in [0.29, 0.717) is 19.8 Å². The smallest absolute Gasteiger partial charge is 0.422 e. The number of hydrogen-bond donors (Lipinski definition) is 3. The van der Waals surface area contributed by atoms with Gasteiger partial charge >= 0.3 is 18.2 Å². The molecule has 1 aliphatic rings. The number of likely N-dealkylation sites (tertiary alicyclic amines) is 1. The van der Waals surface area contributed by atoms with Crippen LogP contribution in [-0.4, -0.2) is 52.9 Å². The summed E-state index contributed by atoms with van der Waals surface area (Å²) in [7, 11) is 0. The lowest BCUT2D eigenvalue weighted by Crippen LogP contribution is -2.64. The molecule has 0 saturated carbocycles. The van der Waals surface area contributed by atoms with E-state index in [9.17, 15) is 22.8 Å². The number of carbonyl (C=O) groups excluding carboxylic acids is 1. The van der Waals surface area contributed by atoms with E-state index < -0.39 is 23.7 Å². The number of carboxylic acid groups (broad SMARTS) is 1. The summed E-state index contributed by atoms with van der Waals surface area (Å²) < 4.78 is 38.1. The maximum absolute atomic E-state index is 12.7. The number of urea groups is 1. The van der Waals surface area contributed by atoms with Crippen LogP contribution in [0.3, 0.4) is 0 Å². The molecule has 1 rings (SSSR count). The number of nitrogens with zero attached hydrogens (tertiary/aromatic N) is 1. The number of hydrogen-bond acceptors (Lipinski definition) is 3. The maximum Gasteiger partial charge on any atom is 0.422 e. The molecule has 0 aromatic heterocycles. The normalized spacial score (nSPS) is 20.8. The predicted molar refractivity (Wildman–Crippen MR) is 59.4 cm³/mol. The van der Waals surface area contributed by atoms with Crippen LogP contribution in [0.5, 0.6) is 0 Å². The topological polar surface area (TPSA) is 95.7 Å². The van der Waals surface area contributed by atoms with Gasteiger partial charge in [-0.2, -0.15) is 13.2 Å². The van der Waals surface area contributed by atoms with Gasteiger partial charge < -0.3 is 21.1 Å². The Balaban J connectivity index is 2.76. The highest BCUT2D eigenvalue weighted by Gasteiger charge is 2.58. The van der Waals surface area contributed by atoms with E-state index in [2.05, 4.69) is 0 Å². The first-order valence-electron chi connectivity index (χ1n) is 5.70. The van der Waals surface area contributed by atoms with Crippen LogP contribution in [0.25, 0.3) is 0 Å². The average Bonchev–Trinajstić information content (AvgIpc) is 2.27. The number of nitrogens with one attached hydrogen (secondary N) is 1. The highest BCUT2D eigenvalue weighted by Crippen LogP contribution is 2.30. The highest BCUT2D eigenvalue weighted by atomic mass is 19.4. The third-order valence-electron chi connectivity index (χ3n) is 3.18. The number of nitrogens with two attached hydrogens (primary N) is 1. The fraction of sp³-hybridized carbons (Fsp3) is 0.800. The Bertz CT molecular complexity index is 367. The second-order valence-electron chi connectivity index (χ2n) is 4.68. The van der Waals surface area contributed by atoms with Gasteiger partial charge in [-0.3, -0.25) is 0 Å². The van der Waals surface area contributed by atoms with Crippen molar-refractivity contribution in [3.8, 4) is 0 Å². The van der Waals surface area contributed by atoms with Crippen LogP contribution in [0.2, 0.25) is 0 Å². The zero-order chi connectivity index (χ0) is 14.8. The number of alkyl halides is 3. The molecule has 0 aromatic carbocycles. The summed E-state index contributed by atoms with van der Waals surface area (Å²) in [6.45, 7) is 0.837. The predicted octanol–water partition coefficient (Wildman–Crippen LogP) is 0.525. The summed E-state index contributed by atoms with van der Waals surface area (Å²) in [5.74, 6) is -2.15. The second kappa shape index (κ2) is 5.24. The van der Waals surface area contributed by atoms with E-state index in [-0.39, 0.29) is 19.1 Å². The first-order chi connectivity index (χ1) is 8.58. The van der Waals surface area contributed by atoms with Crippen molar-refractivity contribution in [2.45, 2.75) is 37.5 Å². The molecule has 0 spiro atoms. The SMILES string of the molecule is CC(NC(=O)N1CCC(N)CC1)(C(=O)O)C(F)(F)F. The lowest BCUT2D eigenvalue weighted by atomic mass is 10.0. The number of aliphatic carboxylic acids is 1. The highest BCUT2D eigenvalue weighted by molar-refractivity contribution is 5.86. The summed E-state index contributed by atoms with van der Waals surface area (Å²) in [4.78, 5) is 23.6. The summed E-state index contributed by atoms with van der Waals surface area (Å²) in [5, 5.41) is 10.2. The van der Waals surface area contributed by atoms with Crippen molar-refractivity contribution in [1.82, 2.24) is 10.2 Å². The van der Waals surface area contributed by atoms with Gasteiger partial charge in [0.25, 0.3) is 0 Å². The van der Waals surface area contributed by atoms with Crippen molar-refractivity contribution in [1.29, 1.82) is 0 Å². The van der Waals surface area contributed by atoms with Gasteiger partial charge in [0.2, 0.25) is 5.54 Å². The van der Waals surface area contributed by atoms with Gasteiger partial charge in [-0.25, -0.2) is 9.59 Å².